The van der Waals surface area contributed by atoms with Gasteiger partial charge in [-0.15, -0.1) is 0 Å². The molecule has 0 aliphatic carbocycles. The number of benzene rings is 3. The van der Waals surface area contributed by atoms with Gasteiger partial charge in [-0.3, -0.25) is 4.79 Å². The predicted molar refractivity (Wildman–Crippen MR) is 140 cm³/mol. The lowest BCUT2D eigenvalue weighted by molar-refractivity contribution is -0.113. The van der Waals surface area contributed by atoms with Crippen molar-refractivity contribution in [1.29, 1.82) is 0 Å². The first kappa shape index (κ1) is 22.7. The molecule has 0 radical (unpaired) electrons. The number of rotatable bonds is 4. The molecule has 1 amide bonds. The maximum Gasteiger partial charge on any atom is 0.256 e. The summed E-state index contributed by atoms with van der Waals surface area (Å²) in [6.45, 7) is 8.59. The molecule has 1 aliphatic heterocycles. The molecule has 0 spiro atoms. The van der Waals surface area contributed by atoms with Gasteiger partial charge in [0, 0.05) is 5.69 Å². The zero-order valence-electron chi connectivity index (χ0n) is 19.4. The summed E-state index contributed by atoms with van der Waals surface area (Å²) < 4.78 is 0. The summed E-state index contributed by atoms with van der Waals surface area (Å²) in [7, 11) is 0. The van der Waals surface area contributed by atoms with Gasteiger partial charge in [-0.25, -0.2) is 0 Å². The molecule has 3 N–H and O–H groups in total. The zero-order valence-corrected chi connectivity index (χ0v) is 20.2. The molecule has 0 unspecified atom stereocenters. The molecular formula is C28H29N3OS. The molecule has 0 bridgehead atoms. The average molecular weight is 456 g/mol. The van der Waals surface area contributed by atoms with Crippen molar-refractivity contribution < 1.29 is 4.79 Å². The second-order valence-corrected chi connectivity index (χ2v) is 9.79. The topological polar surface area (TPSA) is 53.2 Å². The van der Waals surface area contributed by atoms with Crippen LogP contribution in [0.4, 0.5) is 5.69 Å². The molecule has 1 atom stereocenters. The molecule has 3 aromatic carbocycles. The summed E-state index contributed by atoms with van der Waals surface area (Å²) >= 11 is 5.54. The van der Waals surface area contributed by atoms with Gasteiger partial charge in [-0.05, 0) is 53.4 Å². The van der Waals surface area contributed by atoms with E-state index in [0.29, 0.717) is 16.4 Å². The minimum atomic E-state index is -0.381. The number of carbonyl (C=O) groups excluding carboxylic acids is 1. The van der Waals surface area contributed by atoms with E-state index in [0.717, 1.165) is 22.4 Å². The largest absolute Gasteiger partial charge is 0.351 e. The molecule has 0 saturated heterocycles. The Balaban J connectivity index is 1.80. The van der Waals surface area contributed by atoms with Crippen LogP contribution in [0.3, 0.4) is 0 Å². The van der Waals surface area contributed by atoms with E-state index >= 15 is 0 Å². The molecule has 5 heteroatoms. The van der Waals surface area contributed by atoms with Gasteiger partial charge in [-0.2, -0.15) is 0 Å². The van der Waals surface area contributed by atoms with Gasteiger partial charge in [0.1, 0.15) is 0 Å². The van der Waals surface area contributed by atoms with Crippen LogP contribution in [-0.4, -0.2) is 11.0 Å². The first-order valence-corrected chi connectivity index (χ1v) is 11.5. The molecule has 4 nitrogen and oxygen atoms in total. The third-order valence-electron chi connectivity index (χ3n) is 5.80. The highest BCUT2D eigenvalue weighted by atomic mass is 32.1. The highest BCUT2D eigenvalue weighted by Crippen LogP contribution is 2.33. The number of hydrogen-bond donors (Lipinski definition) is 3. The lowest BCUT2D eigenvalue weighted by atomic mass is 9.85. The van der Waals surface area contributed by atoms with Crippen LogP contribution in [0.2, 0.25) is 0 Å². The van der Waals surface area contributed by atoms with E-state index in [9.17, 15) is 4.79 Å². The fourth-order valence-electron chi connectivity index (χ4n) is 3.90. The fraction of sp³-hybridized carbons (Fsp3) is 0.214. The van der Waals surface area contributed by atoms with Crippen LogP contribution in [0.5, 0.6) is 0 Å². The van der Waals surface area contributed by atoms with Gasteiger partial charge in [0.2, 0.25) is 0 Å². The molecule has 168 valence electrons. The van der Waals surface area contributed by atoms with Gasteiger partial charge in [0.05, 0.1) is 17.3 Å². The van der Waals surface area contributed by atoms with Crippen LogP contribution in [0.25, 0.3) is 5.70 Å². The Labute approximate surface area is 201 Å². The van der Waals surface area contributed by atoms with Crippen molar-refractivity contribution in [3.63, 3.8) is 0 Å². The number of nitrogens with one attached hydrogen (secondary N) is 3. The van der Waals surface area contributed by atoms with Crippen molar-refractivity contribution in [3.05, 3.63) is 107 Å². The third-order valence-corrected chi connectivity index (χ3v) is 6.02. The van der Waals surface area contributed by atoms with Crippen LogP contribution >= 0.6 is 12.2 Å². The summed E-state index contributed by atoms with van der Waals surface area (Å²) in [5.41, 5.74) is 6.38. The smallest absolute Gasteiger partial charge is 0.256 e. The minimum Gasteiger partial charge on any atom is -0.351 e. The number of carbonyl (C=O) groups is 1. The number of hydrogen-bond acceptors (Lipinski definition) is 2. The molecular weight excluding hydrogens is 426 g/mol. The van der Waals surface area contributed by atoms with E-state index in [2.05, 4.69) is 61.0 Å². The number of thiocarbonyl (C=S) groups is 1. The van der Waals surface area contributed by atoms with E-state index in [1.807, 2.05) is 61.5 Å². The molecule has 33 heavy (non-hydrogen) atoms. The lowest BCUT2D eigenvalue weighted by Gasteiger charge is -2.32. The standard InChI is InChI=1S/C28H29N3OS/c1-18-10-16-22(17-11-18)29-26(32)23-24(19-8-6-5-7-9-19)30-27(33)31-25(23)20-12-14-21(15-13-20)28(2,3)4/h5-17,25H,1-4H3,(H,29,32)(H2,30,31,33)/t25-/m1/s1. The molecule has 0 aromatic heterocycles. The molecule has 1 aliphatic rings. The van der Waals surface area contributed by atoms with Gasteiger partial charge < -0.3 is 16.0 Å². The van der Waals surface area contributed by atoms with Crippen LogP contribution < -0.4 is 16.0 Å². The van der Waals surface area contributed by atoms with Gasteiger partial charge in [0.25, 0.3) is 5.91 Å². The normalized spacial score (nSPS) is 16.1. The van der Waals surface area contributed by atoms with Crippen LogP contribution in [-0.2, 0) is 10.2 Å². The van der Waals surface area contributed by atoms with Crippen molar-refractivity contribution >= 4 is 34.6 Å². The van der Waals surface area contributed by atoms with Crippen molar-refractivity contribution in [2.24, 2.45) is 0 Å². The van der Waals surface area contributed by atoms with Gasteiger partial charge >= 0.3 is 0 Å². The van der Waals surface area contributed by atoms with E-state index in [1.165, 1.54) is 5.56 Å². The summed E-state index contributed by atoms with van der Waals surface area (Å²) in [5, 5.41) is 10.1. The van der Waals surface area contributed by atoms with Crippen molar-refractivity contribution in [3.8, 4) is 0 Å². The fourth-order valence-corrected chi connectivity index (χ4v) is 4.12. The van der Waals surface area contributed by atoms with Crippen molar-refractivity contribution in [2.75, 3.05) is 5.32 Å². The Bertz CT molecular complexity index is 1190. The molecule has 0 saturated carbocycles. The van der Waals surface area contributed by atoms with E-state index < -0.39 is 0 Å². The zero-order chi connectivity index (χ0) is 23.6. The summed E-state index contributed by atoms with van der Waals surface area (Å²) in [6, 6.07) is 25.6. The maximum absolute atomic E-state index is 13.7. The highest BCUT2D eigenvalue weighted by molar-refractivity contribution is 7.80. The summed E-state index contributed by atoms with van der Waals surface area (Å²) in [6.07, 6.45) is 0. The number of amides is 1. The summed E-state index contributed by atoms with van der Waals surface area (Å²) in [5.74, 6) is -0.176. The quantitative estimate of drug-likeness (QED) is 0.431. The Morgan fingerprint density at radius 2 is 1.55 bits per heavy atom. The monoisotopic (exact) mass is 455 g/mol. The Morgan fingerprint density at radius 3 is 2.15 bits per heavy atom. The molecule has 0 fully saturated rings. The van der Waals surface area contributed by atoms with E-state index in [-0.39, 0.29) is 17.4 Å². The van der Waals surface area contributed by atoms with Crippen molar-refractivity contribution in [2.45, 2.75) is 39.2 Å². The number of anilines is 1. The minimum absolute atomic E-state index is 0.0477. The summed E-state index contributed by atoms with van der Waals surface area (Å²) in [4.78, 5) is 13.7. The average Bonchev–Trinajstić information content (AvgIpc) is 2.80. The van der Waals surface area contributed by atoms with Gasteiger partial charge in [0.15, 0.2) is 5.11 Å². The van der Waals surface area contributed by atoms with Crippen molar-refractivity contribution in [1.82, 2.24) is 10.6 Å². The molecule has 1 heterocycles. The maximum atomic E-state index is 13.7. The predicted octanol–water partition coefficient (Wildman–Crippen LogP) is 5.86. The number of aryl methyl sites for hydroxylation is 1. The van der Waals surface area contributed by atoms with Crippen LogP contribution in [0, 0.1) is 6.92 Å². The third kappa shape index (κ3) is 5.15. The van der Waals surface area contributed by atoms with Crippen LogP contribution in [0.15, 0.2) is 84.4 Å². The lowest BCUT2D eigenvalue weighted by Crippen LogP contribution is -2.45. The Hall–Kier alpha value is -3.44. The second-order valence-electron chi connectivity index (χ2n) is 9.38. The Kier molecular flexibility index (Phi) is 6.34. The molecule has 4 rings (SSSR count). The Morgan fingerprint density at radius 1 is 0.909 bits per heavy atom. The molecule has 3 aromatic rings. The van der Waals surface area contributed by atoms with Crippen LogP contribution in [0.1, 0.15) is 49.1 Å². The van der Waals surface area contributed by atoms with Gasteiger partial charge in [-0.1, -0.05) is 93.1 Å². The highest BCUT2D eigenvalue weighted by Gasteiger charge is 2.32. The second kappa shape index (κ2) is 9.20. The van der Waals surface area contributed by atoms with E-state index in [1.54, 1.807) is 0 Å². The first-order valence-electron chi connectivity index (χ1n) is 11.1. The SMILES string of the molecule is Cc1ccc(NC(=O)C2=C(c3ccccc3)NC(=S)N[C@@H]2c2ccc(C(C)(C)C)cc2)cc1. The first-order chi connectivity index (χ1) is 15.7. The van der Waals surface area contributed by atoms with E-state index in [4.69, 9.17) is 12.2 Å².